The van der Waals surface area contributed by atoms with Gasteiger partial charge >= 0.3 is 0 Å². The molecule has 1 unspecified atom stereocenters. The maximum Gasteiger partial charge on any atom is 0.164 e. The Morgan fingerprint density at radius 2 is 2.05 bits per heavy atom. The average molecular weight is 362 g/mol. The van der Waals surface area contributed by atoms with Crippen LogP contribution in [0.25, 0.3) is 11.0 Å². The van der Waals surface area contributed by atoms with E-state index in [-0.39, 0.29) is 6.10 Å². The van der Waals surface area contributed by atoms with Crippen LogP contribution in [0.5, 0.6) is 5.75 Å². The zero-order valence-corrected chi connectivity index (χ0v) is 13.9. The Hall–Kier alpha value is -2.15. The molecule has 0 bridgehead atoms. The van der Waals surface area contributed by atoms with Gasteiger partial charge in [-0.1, -0.05) is 18.2 Å². The molecule has 3 aromatic rings. The van der Waals surface area contributed by atoms with Crippen molar-refractivity contribution in [2.45, 2.75) is 13.0 Å². The van der Waals surface area contributed by atoms with Crippen molar-refractivity contribution in [1.82, 2.24) is 19.7 Å². The lowest BCUT2D eigenvalue weighted by Gasteiger charge is -2.16. The summed E-state index contributed by atoms with van der Waals surface area (Å²) in [7, 11) is 1.85. The Kier molecular flexibility index (Phi) is 4.24. The van der Waals surface area contributed by atoms with Crippen LogP contribution < -0.4 is 10.1 Å². The lowest BCUT2D eigenvalue weighted by molar-refractivity contribution is 0.234. The number of aryl methyl sites for hydroxylation is 1. The number of fused-ring (bicyclic) bond motifs is 1. The Bertz CT molecular complexity index is 774. The summed E-state index contributed by atoms with van der Waals surface area (Å²) in [6.45, 7) is 2.64. The molecule has 0 fully saturated rings. The summed E-state index contributed by atoms with van der Waals surface area (Å²) in [5, 5.41) is 8.48. The standard InChI is InChI=1S/C15H16BrN5O/c1-10(22-11-6-4-3-5-7-11)8-17-14-12-13(16)20-21(2)15(12)19-9-18-14/h3-7,9-10H,8H2,1-2H3,(H,17,18,19). The zero-order valence-electron chi connectivity index (χ0n) is 12.3. The highest BCUT2D eigenvalue weighted by Gasteiger charge is 2.14. The molecule has 2 heterocycles. The number of hydrogen-bond acceptors (Lipinski definition) is 5. The van der Waals surface area contributed by atoms with Gasteiger partial charge in [0.25, 0.3) is 0 Å². The number of rotatable bonds is 5. The largest absolute Gasteiger partial charge is 0.489 e. The highest BCUT2D eigenvalue weighted by Crippen LogP contribution is 2.26. The summed E-state index contributed by atoms with van der Waals surface area (Å²) >= 11 is 3.45. The minimum atomic E-state index is 0.00265. The summed E-state index contributed by atoms with van der Waals surface area (Å²) in [5.41, 5.74) is 0.779. The first-order chi connectivity index (χ1) is 10.6. The van der Waals surface area contributed by atoms with E-state index in [9.17, 15) is 0 Å². The van der Waals surface area contributed by atoms with Gasteiger partial charge in [0, 0.05) is 7.05 Å². The van der Waals surface area contributed by atoms with Crippen LogP contribution in [-0.4, -0.2) is 32.4 Å². The van der Waals surface area contributed by atoms with Crippen LogP contribution in [0.2, 0.25) is 0 Å². The van der Waals surface area contributed by atoms with Crippen LogP contribution in [-0.2, 0) is 7.05 Å². The molecule has 0 aliphatic rings. The molecule has 7 heteroatoms. The van der Waals surface area contributed by atoms with Crippen molar-refractivity contribution < 1.29 is 4.74 Å². The van der Waals surface area contributed by atoms with E-state index in [4.69, 9.17) is 4.74 Å². The van der Waals surface area contributed by atoms with Gasteiger partial charge in [-0.05, 0) is 35.0 Å². The molecule has 114 valence electrons. The third-order valence-corrected chi connectivity index (χ3v) is 3.77. The summed E-state index contributed by atoms with van der Waals surface area (Å²) in [5.74, 6) is 1.60. The quantitative estimate of drug-likeness (QED) is 0.756. The molecule has 0 spiro atoms. The molecular weight excluding hydrogens is 346 g/mol. The minimum Gasteiger partial charge on any atom is -0.489 e. The van der Waals surface area contributed by atoms with Crippen LogP contribution in [0.15, 0.2) is 41.3 Å². The minimum absolute atomic E-state index is 0.00265. The van der Waals surface area contributed by atoms with Gasteiger partial charge in [-0.2, -0.15) is 5.10 Å². The van der Waals surface area contributed by atoms with E-state index < -0.39 is 0 Å². The summed E-state index contributed by atoms with van der Waals surface area (Å²) in [4.78, 5) is 8.54. The van der Waals surface area contributed by atoms with Crippen LogP contribution >= 0.6 is 15.9 Å². The number of para-hydroxylation sites is 1. The molecule has 6 nitrogen and oxygen atoms in total. The third-order valence-electron chi connectivity index (χ3n) is 3.22. The second-order valence-corrected chi connectivity index (χ2v) is 5.71. The van der Waals surface area contributed by atoms with Crippen molar-refractivity contribution in [3.8, 4) is 5.75 Å². The topological polar surface area (TPSA) is 64.9 Å². The lowest BCUT2D eigenvalue weighted by Crippen LogP contribution is -2.23. The van der Waals surface area contributed by atoms with E-state index in [1.54, 1.807) is 4.68 Å². The lowest BCUT2D eigenvalue weighted by atomic mass is 10.3. The van der Waals surface area contributed by atoms with Gasteiger partial charge in [0.15, 0.2) is 5.65 Å². The monoisotopic (exact) mass is 361 g/mol. The van der Waals surface area contributed by atoms with Crippen LogP contribution in [0.4, 0.5) is 5.82 Å². The van der Waals surface area contributed by atoms with Gasteiger partial charge < -0.3 is 10.1 Å². The molecular formula is C15H16BrN5O. The molecule has 0 amide bonds. The Balaban J connectivity index is 1.71. The zero-order chi connectivity index (χ0) is 15.5. The van der Waals surface area contributed by atoms with E-state index in [2.05, 4.69) is 36.3 Å². The molecule has 1 aromatic carbocycles. The fraction of sp³-hybridized carbons (Fsp3) is 0.267. The Morgan fingerprint density at radius 3 is 2.82 bits per heavy atom. The first-order valence-electron chi connectivity index (χ1n) is 6.94. The molecule has 0 saturated heterocycles. The van der Waals surface area contributed by atoms with Crippen LogP contribution in [0, 0.1) is 0 Å². The molecule has 1 N–H and O–H groups in total. The number of ether oxygens (including phenoxy) is 1. The predicted molar refractivity (Wildman–Crippen MR) is 89.0 cm³/mol. The molecule has 22 heavy (non-hydrogen) atoms. The number of anilines is 1. The number of aromatic nitrogens is 4. The molecule has 3 rings (SSSR count). The molecule has 2 aromatic heterocycles. The third kappa shape index (κ3) is 3.04. The van der Waals surface area contributed by atoms with E-state index >= 15 is 0 Å². The van der Waals surface area contributed by atoms with Crippen molar-refractivity contribution >= 4 is 32.8 Å². The number of halogens is 1. The van der Waals surface area contributed by atoms with Crippen molar-refractivity contribution in [3.63, 3.8) is 0 Å². The number of benzene rings is 1. The van der Waals surface area contributed by atoms with Gasteiger partial charge in [-0.3, -0.25) is 0 Å². The van der Waals surface area contributed by atoms with Gasteiger partial charge in [0.05, 0.1) is 11.9 Å². The molecule has 0 aliphatic heterocycles. The molecule has 0 radical (unpaired) electrons. The van der Waals surface area contributed by atoms with Crippen molar-refractivity contribution in [2.24, 2.45) is 7.05 Å². The smallest absolute Gasteiger partial charge is 0.164 e. The number of nitrogens with zero attached hydrogens (tertiary/aromatic N) is 4. The van der Waals surface area contributed by atoms with Gasteiger partial charge in [0.1, 0.15) is 28.6 Å². The highest BCUT2D eigenvalue weighted by molar-refractivity contribution is 9.10. The van der Waals surface area contributed by atoms with Gasteiger partial charge in [-0.25, -0.2) is 14.6 Å². The Morgan fingerprint density at radius 1 is 1.27 bits per heavy atom. The fourth-order valence-electron chi connectivity index (χ4n) is 2.19. The van der Waals surface area contributed by atoms with E-state index in [1.165, 1.54) is 6.33 Å². The highest BCUT2D eigenvalue weighted by atomic mass is 79.9. The van der Waals surface area contributed by atoms with E-state index in [0.717, 1.165) is 27.2 Å². The first-order valence-corrected chi connectivity index (χ1v) is 7.73. The summed E-state index contributed by atoms with van der Waals surface area (Å²) in [6, 6.07) is 9.76. The maximum absolute atomic E-state index is 5.85. The second-order valence-electron chi connectivity index (χ2n) is 4.96. The summed E-state index contributed by atoms with van der Waals surface area (Å²) in [6.07, 6.45) is 1.53. The van der Waals surface area contributed by atoms with Gasteiger partial charge in [0.2, 0.25) is 0 Å². The average Bonchev–Trinajstić information content (AvgIpc) is 2.82. The van der Waals surface area contributed by atoms with Crippen LogP contribution in [0.1, 0.15) is 6.92 Å². The number of nitrogens with one attached hydrogen (secondary N) is 1. The van der Waals surface area contributed by atoms with Crippen molar-refractivity contribution in [1.29, 1.82) is 0 Å². The second kappa shape index (κ2) is 6.31. The molecule has 0 saturated carbocycles. The van der Waals surface area contributed by atoms with E-state index in [1.807, 2.05) is 44.3 Å². The van der Waals surface area contributed by atoms with Crippen LogP contribution in [0.3, 0.4) is 0 Å². The van der Waals surface area contributed by atoms with Gasteiger partial charge in [-0.15, -0.1) is 0 Å². The molecule has 0 aliphatic carbocycles. The predicted octanol–water partition coefficient (Wildman–Crippen LogP) is 3.01. The fourth-order valence-corrected chi connectivity index (χ4v) is 2.79. The van der Waals surface area contributed by atoms with Crippen molar-refractivity contribution in [2.75, 3.05) is 11.9 Å². The SMILES string of the molecule is CC(CNc1ncnc2c1c(Br)nn2C)Oc1ccccc1. The molecule has 1 atom stereocenters. The first kappa shape index (κ1) is 14.8. The van der Waals surface area contributed by atoms with E-state index in [0.29, 0.717) is 6.54 Å². The van der Waals surface area contributed by atoms with Crippen molar-refractivity contribution in [3.05, 3.63) is 41.3 Å². The Labute approximate surface area is 136 Å². The summed E-state index contributed by atoms with van der Waals surface area (Å²) < 4.78 is 8.29. The maximum atomic E-state index is 5.85. The number of hydrogen-bond donors (Lipinski definition) is 1. The normalized spacial score (nSPS) is 12.3.